The minimum atomic E-state index is 0.292. The Morgan fingerprint density at radius 1 is 1.00 bits per heavy atom. The SMILES string of the molecule is Nc1nc(CN2CCN(CCCCO)CC2)nc2ccccc12. The number of para-hydroxylation sites is 1. The van der Waals surface area contributed by atoms with Gasteiger partial charge in [0, 0.05) is 38.2 Å². The quantitative estimate of drug-likeness (QED) is 0.777. The maximum absolute atomic E-state index is 8.85. The van der Waals surface area contributed by atoms with Gasteiger partial charge in [0.15, 0.2) is 0 Å². The second kappa shape index (κ2) is 7.68. The third kappa shape index (κ3) is 4.16. The van der Waals surface area contributed by atoms with Crippen molar-refractivity contribution in [2.45, 2.75) is 19.4 Å². The molecule has 2 aromatic rings. The van der Waals surface area contributed by atoms with Gasteiger partial charge in [0.05, 0.1) is 12.1 Å². The molecule has 6 heteroatoms. The van der Waals surface area contributed by atoms with Crippen LogP contribution in [-0.4, -0.2) is 64.2 Å². The molecule has 3 N–H and O–H groups in total. The molecule has 0 aliphatic carbocycles. The lowest BCUT2D eigenvalue weighted by atomic mass is 10.2. The lowest BCUT2D eigenvalue weighted by molar-refractivity contribution is 0.121. The molecule has 0 atom stereocenters. The number of nitrogen functional groups attached to an aromatic ring is 1. The fourth-order valence-corrected chi connectivity index (χ4v) is 3.04. The summed E-state index contributed by atoms with van der Waals surface area (Å²) in [5, 5.41) is 9.77. The Morgan fingerprint density at radius 2 is 1.74 bits per heavy atom. The molecule has 3 rings (SSSR count). The van der Waals surface area contributed by atoms with Crippen LogP contribution in [0.5, 0.6) is 0 Å². The van der Waals surface area contributed by atoms with Gasteiger partial charge in [-0.1, -0.05) is 12.1 Å². The molecule has 1 aliphatic heterocycles. The first-order valence-corrected chi connectivity index (χ1v) is 8.33. The Morgan fingerprint density at radius 3 is 2.52 bits per heavy atom. The van der Waals surface area contributed by atoms with Crippen LogP contribution in [-0.2, 0) is 6.54 Å². The first-order chi connectivity index (χ1) is 11.3. The summed E-state index contributed by atoms with van der Waals surface area (Å²) < 4.78 is 0. The smallest absolute Gasteiger partial charge is 0.145 e. The second-order valence-corrected chi connectivity index (χ2v) is 6.09. The number of unbranched alkanes of at least 4 members (excludes halogenated alkanes) is 1. The number of rotatable bonds is 6. The summed E-state index contributed by atoms with van der Waals surface area (Å²) in [7, 11) is 0. The van der Waals surface area contributed by atoms with Crippen molar-refractivity contribution < 1.29 is 5.11 Å². The van der Waals surface area contributed by atoms with Crippen molar-refractivity contribution in [1.29, 1.82) is 0 Å². The Kier molecular flexibility index (Phi) is 5.38. The van der Waals surface area contributed by atoms with Crippen LogP contribution >= 0.6 is 0 Å². The van der Waals surface area contributed by atoms with Gasteiger partial charge in [0.2, 0.25) is 0 Å². The molecule has 2 heterocycles. The van der Waals surface area contributed by atoms with E-state index in [1.54, 1.807) is 0 Å². The molecule has 124 valence electrons. The average molecular weight is 315 g/mol. The number of benzene rings is 1. The van der Waals surface area contributed by atoms with Crippen molar-refractivity contribution in [3.8, 4) is 0 Å². The van der Waals surface area contributed by atoms with Crippen molar-refractivity contribution in [3.05, 3.63) is 30.1 Å². The third-order valence-corrected chi connectivity index (χ3v) is 4.39. The minimum Gasteiger partial charge on any atom is -0.396 e. The molecule has 0 unspecified atom stereocenters. The molecule has 0 amide bonds. The standard InChI is InChI=1S/C17H25N5O/c18-17-14-5-1-2-6-15(14)19-16(20-17)13-22-10-8-21(9-11-22)7-3-4-12-23/h1-2,5-6,23H,3-4,7-13H2,(H2,18,19,20). The van der Waals surface area contributed by atoms with Crippen LogP contribution in [0.1, 0.15) is 18.7 Å². The van der Waals surface area contributed by atoms with E-state index in [0.29, 0.717) is 12.4 Å². The van der Waals surface area contributed by atoms with Crippen molar-refractivity contribution in [2.24, 2.45) is 0 Å². The fraction of sp³-hybridized carbons (Fsp3) is 0.529. The molecule has 1 aromatic carbocycles. The van der Waals surface area contributed by atoms with E-state index in [1.807, 2.05) is 24.3 Å². The molecular formula is C17H25N5O. The zero-order valence-electron chi connectivity index (χ0n) is 13.5. The number of hydrogen-bond acceptors (Lipinski definition) is 6. The fourth-order valence-electron chi connectivity index (χ4n) is 3.04. The number of nitrogens with zero attached hydrogens (tertiary/aromatic N) is 4. The summed E-state index contributed by atoms with van der Waals surface area (Å²) >= 11 is 0. The van der Waals surface area contributed by atoms with Crippen molar-refractivity contribution >= 4 is 16.7 Å². The highest BCUT2D eigenvalue weighted by Crippen LogP contribution is 2.18. The molecule has 6 nitrogen and oxygen atoms in total. The van der Waals surface area contributed by atoms with Gasteiger partial charge in [-0.2, -0.15) is 0 Å². The van der Waals surface area contributed by atoms with Gasteiger partial charge in [-0.3, -0.25) is 4.90 Å². The van der Waals surface area contributed by atoms with Crippen molar-refractivity contribution in [2.75, 3.05) is 45.1 Å². The zero-order chi connectivity index (χ0) is 16.1. The maximum atomic E-state index is 8.85. The molecule has 0 bridgehead atoms. The van der Waals surface area contributed by atoms with E-state index >= 15 is 0 Å². The monoisotopic (exact) mass is 315 g/mol. The first-order valence-electron chi connectivity index (χ1n) is 8.33. The summed E-state index contributed by atoms with van der Waals surface area (Å²) in [6, 6.07) is 7.87. The summed E-state index contributed by atoms with van der Waals surface area (Å²) in [6.07, 6.45) is 1.96. The highest BCUT2D eigenvalue weighted by molar-refractivity contribution is 5.87. The Hall–Kier alpha value is -1.76. The molecular weight excluding hydrogens is 290 g/mol. The molecule has 0 spiro atoms. The van der Waals surface area contributed by atoms with E-state index in [9.17, 15) is 0 Å². The van der Waals surface area contributed by atoms with Crippen LogP contribution < -0.4 is 5.73 Å². The van der Waals surface area contributed by atoms with Crippen LogP contribution in [0.4, 0.5) is 5.82 Å². The predicted octanol–water partition coefficient (Wildman–Crippen LogP) is 1.10. The van der Waals surface area contributed by atoms with Crippen LogP contribution in [0.3, 0.4) is 0 Å². The van der Waals surface area contributed by atoms with Gasteiger partial charge >= 0.3 is 0 Å². The van der Waals surface area contributed by atoms with Gasteiger partial charge in [-0.25, -0.2) is 9.97 Å². The lowest BCUT2D eigenvalue weighted by Crippen LogP contribution is -2.46. The van der Waals surface area contributed by atoms with E-state index in [4.69, 9.17) is 10.8 Å². The van der Waals surface area contributed by atoms with E-state index < -0.39 is 0 Å². The van der Waals surface area contributed by atoms with Crippen LogP contribution in [0.2, 0.25) is 0 Å². The van der Waals surface area contributed by atoms with E-state index in [0.717, 1.165) is 68.8 Å². The van der Waals surface area contributed by atoms with E-state index in [1.165, 1.54) is 0 Å². The maximum Gasteiger partial charge on any atom is 0.145 e. The average Bonchev–Trinajstić information content (AvgIpc) is 2.57. The minimum absolute atomic E-state index is 0.292. The van der Waals surface area contributed by atoms with Crippen molar-refractivity contribution in [3.63, 3.8) is 0 Å². The van der Waals surface area contributed by atoms with Gasteiger partial charge in [0.25, 0.3) is 0 Å². The lowest BCUT2D eigenvalue weighted by Gasteiger charge is -2.34. The van der Waals surface area contributed by atoms with Gasteiger partial charge < -0.3 is 15.7 Å². The molecule has 1 aliphatic rings. The molecule has 0 saturated carbocycles. The van der Waals surface area contributed by atoms with Gasteiger partial charge in [-0.05, 0) is 31.5 Å². The number of piperazine rings is 1. The summed E-state index contributed by atoms with van der Waals surface area (Å²) in [5.41, 5.74) is 6.97. The van der Waals surface area contributed by atoms with Crippen LogP contribution in [0, 0.1) is 0 Å². The predicted molar refractivity (Wildman–Crippen MR) is 92.0 cm³/mol. The topological polar surface area (TPSA) is 78.5 Å². The summed E-state index contributed by atoms with van der Waals surface area (Å²) in [4.78, 5) is 13.9. The third-order valence-electron chi connectivity index (χ3n) is 4.39. The van der Waals surface area contributed by atoms with Crippen molar-refractivity contribution in [1.82, 2.24) is 19.8 Å². The van der Waals surface area contributed by atoms with Crippen LogP contribution in [0.15, 0.2) is 24.3 Å². The largest absolute Gasteiger partial charge is 0.396 e. The highest BCUT2D eigenvalue weighted by atomic mass is 16.2. The molecule has 0 radical (unpaired) electrons. The normalized spacial score (nSPS) is 16.9. The first kappa shape index (κ1) is 16.1. The summed E-state index contributed by atoms with van der Waals surface area (Å²) in [5.74, 6) is 1.36. The number of fused-ring (bicyclic) bond motifs is 1. The highest BCUT2D eigenvalue weighted by Gasteiger charge is 2.17. The van der Waals surface area contributed by atoms with Gasteiger partial charge in [-0.15, -0.1) is 0 Å². The zero-order valence-corrected chi connectivity index (χ0v) is 13.5. The number of anilines is 1. The molecule has 23 heavy (non-hydrogen) atoms. The molecule has 1 saturated heterocycles. The Labute approximate surface area is 136 Å². The molecule has 1 fully saturated rings. The molecule has 1 aromatic heterocycles. The Balaban J connectivity index is 1.56. The Bertz CT molecular complexity index is 640. The second-order valence-electron chi connectivity index (χ2n) is 6.09. The number of aromatic nitrogens is 2. The number of aliphatic hydroxyl groups is 1. The van der Waals surface area contributed by atoms with Gasteiger partial charge in [0.1, 0.15) is 11.6 Å². The van der Waals surface area contributed by atoms with E-state index in [2.05, 4.69) is 19.8 Å². The number of aliphatic hydroxyl groups excluding tert-OH is 1. The van der Waals surface area contributed by atoms with Crippen LogP contribution in [0.25, 0.3) is 10.9 Å². The number of hydrogen-bond donors (Lipinski definition) is 2. The summed E-state index contributed by atoms with van der Waals surface area (Å²) in [6.45, 7) is 6.29. The number of nitrogens with two attached hydrogens (primary N) is 1. The van der Waals surface area contributed by atoms with E-state index in [-0.39, 0.29) is 0 Å².